The zero-order valence-corrected chi connectivity index (χ0v) is 20.8. The van der Waals surface area contributed by atoms with Crippen LogP contribution in [0.5, 0.6) is 0 Å². The topological polar surface area (TPSA) is 80.0 Å². The van der Waals surface area contributed by atoms with Gasteiger partial charge < -0.3 is 15.1 Å². The summed E-state index contributed by atoms with van der Waals surface area (Å²) in [7, 11) is 0. The van der Waals surface area contributed by atoms with Crippen molar-refractivity contribution < 1.29 is 9.21 Å². The number of hydrogen-bond donors (Lipinski definition) is 2. The maximum Gasteiger partial charge on any atom is 0.319 e. The maximum absolute atomic E-state index is 11.8. The fraction of sp³-hybridized carbons (Fsp3) is 0.464. The molecule has 0 saturated heterocycles. The molecule has 2 aromatic carbocycles. The minimum Gasteiger partial charge on any atom is -0.421 e. The zero-order valence-electron chi connectivity index (χ0n) is 20.8. The van der Waals surface area contributed by atoms with Crippen molar-refractivity contribution in [2.45, 2.75) is 77.6 Å². The van der Waals surface area contributed by atoms with Crippen molar-refractivity contribution in [1.82, 2.24) is 15.5 Å². The molecule has 0 radical (unpaired) electrons. The second-order valence-corrected chi connectivity index (χ2v) is 10.1. The molecule has 1 aromatic heterocycles. The van der Waals surface area contributed by atoms with E-state index in [1.54, 1.807) is 0 Å². The highest BCUT2D eigenvalue weighted by atomic mass is 16.4. The van der Waals surface area contributed by atoms with Crippen LogP contribution in [0.15, 0.2) is 46.9 Å². The molecule has 0 saturated carbocycles. The number of carbonyl (C=O) groups is 1. The van der Waals surface area contributed by atoms with Crippen LogP contribution < -0.4 is 10.6 Å². The van der Waals surface area contributed by atoms with Crippen molar-refractivity contribution >= 4 is 11.7 Å². The van der Waals surface area contributed by atoms with Gasteiger partial charge in [-0.1, -0.05) is 52.3 Å². The van der Waals surface area contributed by atoms with Crippen LogP contribution in [0.4, 0.5) is 10.5 Å². The molecule has 0 spiro atoms. The number of anilines is 1. The minimum absolute atomic E-state index is 0.177. The highest BCUT2D eigenvalue weighted by Crippen LogP contribution is 2.41. The highest BCUT2D eigenvalue weighted by Gasteiger charge is 2.29. The van der Waals surface area contributed by atoms with E-state index >= 15 is 0 Å². The van der Waals surface area contributed by atoms with Gasteiger partial charge >= 0.3 is 6.03 Å². The van der Waals surface area contributed by atoms with E-state index in [1.165, 1.54) is 30.4 Å². The second kappa shape index (κ2) is 10.4. The molecule has 6 heteroatoms. The van der Waals surface area contributed by atoms with Gasteiger partial charge in [-0.2, -0.15) is 0 Å². The van der Waals surface area contributed by atoms with Crippen molar-refractivity contribution in [2.75, 3.05) is 11.9 Å². The number of nitrogens with zero attached hydrogens (tertiary/aromatic N) is 2. The molecule has 0 fully saturated rings. The Hall–Kier alpha value is -3.15. The third kappa shape index (κ3) is 5.66. The van der Waals surface area contributed by atoms with Crippen molar-refractivity contribution in [2.24, 2.45) is 0 Å². The molecule has 1 heterocycles. The van der Waals surface area contributed by atoms with Gasteiger partial charge in [0.1, 0.15) is 0 Å². The third-order valence-corrected chi connectivity index (χ3v) is 6.84. The Bertz CT molecular complexity index is 1120. The molecule has 34 heavy (non-hydrogen) atoms. The Labute approximate surface area is 202 Å². The van der Waals surface area contributed by atoms with Gasteiger partial charge in [-0.05, 0) is 78.0 Å². The van der Waals surface area contributed by atoms with Gasteiger partial charge in [0, 0.05) is 24.2 Å². The van der Waals surface area contributed by atoms with E-state index in [-0.39, 0.29) is 11.4 Å². The summed E-state index contributed by atoms with van der Waals surface area (Å²) >= 11 is 0. The quantitative estimate of drug-likeness (QED) is 0.388. The molecule has 6 nitrogen and oxygen atoms in total. The fourth-order valence-corrected chi connectivity index (χ4v) is 4.75. The number of rotatable bonds is 7. The predicted octanol–water partition coefficient (Wildman–Crippen LogP) is 6.62. The Morgan fingerprint density at radius 1 is 1.12 bits per heavy atom. The van der Waals surface area contributed by atoms with Gasteiger partial charge in [0.2, 0.25) is 11.8 Å². The molecular formula is C28H36N4O2. The van der Waals surface area contributed by atoms with E-state index in [9.17, 15) is 4.79 Å². The summed E-state index contributed by atoms with van der Waals surface area (Å²) in [6.45, 7) is 9.70. The maximum atomic E-state index is 11.8. The lowest BCUT2D eigenvalue weighted by atomic mass is 9.78. The van der Waals surface area contributed by atoms with Gasteiger partial charge in [0.25, 0.3) is 0 Å². The summed E-state index contributed by atoms with van der Waals surface area (Å²) < 4.78 is 6.03. The molecule has 0 aliphatic heterocycles. The Morgan fingerprint density at radius 3 is 2.68 bits per heavy atom. The van der Waals surface area contributed by atoms with E-state index in [0.29, 0.717) is 30.7 Å². The summed E-state index contributed by atoms with van der Waals surface area (Å²) in [5, 5.41) is 14.3. The zero-order chi connectivity index (χ0) is 24.1. The fourth-order valence-electron chi connectivity index (χ4n) is 4.75. The van der Waals surface area contributed by atoms with Crippen molar-refractivity contribution in [1.29, 1.82) is 0 Å². The van der Waals surface area contributed by atoms with E-state index in [2.05, 4.69) is 59.8 Å². The molecule has 1 aliphatic rings. The van der Waals surface area contributed by atoms with Gasteiger partial charge in [-0.25, -0.2) is 4.79 Å². The standard InChI is InChI=1S/C28H36N4O2/c1-5-17-29-27(33)30-22-12-8-20(9-13-22)10-15-25-31-32-26(34-25)21-11-14-24-23(18-21)19(2)7-6-16-28(24,3)4/h8-9,11-14,18-19H,5-7,10,15-17H2,1-4H3,(H2,29,30,33). The van der Waals surface area contributed by atoms with Crippen LogP contribution in [-0.2, 0) is 18.3 Å². The summed E-state index contributed by atoms with van der Waals surface area (Å²) in [6.07, 6.45) is 6.06. The van der Waals surface area contributed by atoms with Crippen LogP contribution in [0.1, 0.15) is 81.9 Å². The number of aryl methyl sites for hydroxylation is 2. The summed E-state index contributed by atoms with van der Waals surface area (Å²) in [5.41, 5.74) is 5.99. The molecule has 4 rings (SSSR count). The first kappa shape index (κ1) is 24.0. The largest absolute Gasteiger partial charge is 0.421 e. The molecule has 0 bridgehead atoms. The van der Waals surface area contributed by atoms with Gasteiger partial charge in [0.05, 0.1) is 0 Å². The lowest BCUT2D eigenvalue weighted by Crippen LogP contribution is -2.29. The lowest BCUT2D eigenvalue weighted by molar-refractivity contribution is 0.252. The highest BCUT2D eigenvalue weighted by molar-refractivity contribution is 5.89. The van der Waals surface area contributed by atoms with Crippen molar-refractivity contribution in [3.05, 3.63) is 65.0 Å². The monoisotopic (exact) mass is 460 g/mol. The first-order chi connectivity index (χ1) is 16.4. The number of urea groups is 1. The second-order valence-electron chi connectivity index (χ2n) is 10.1. The van der Waals surface area contributed by atoms with Crippen molar-refractivity contribution in [3.8, 4) is 11.5 Å². The average molecular weight is 461 g/mol. The summed E-state index contributed by atoms with van der Waals surface area (Å²) in [4.78, 5) is 11.8. The van der Waals surface area contributed by atoms with Crippen LogP contribution in [0.3, 0.4) is 0 Å². The number of benzene rings is 2. The first-order valence-electron chi connectivity index (χ1n) is 12.5. The molecular weight excluding hydrogens is 424 g/mol. The Balaban J connectivity index is 1.39. The smallest absolute Gasteiger partial charge is 0.319 e. The number of nitrogens with one attached hydrogen (secondary N) is 2. The normalized spacial score (nSPS) is 17.0. The Kier molecular flexibility index (Phi) is 7.35. The molecule has 1 aliphatic carbocycles. The number of carbonyl (C=O) groups excluding carboxylic acids is 1. The first-order valence-corrected chi connectivity index (χ1v) is 12.5. The molecule has 3 aromatic rings. The van der Waals surface area contributed by atoms with Crippen LogP contribution in [0, 0.1) is 0 Å². The van der Waals surface area contributed by atoms with Gasteiger partial charge in [-0.3, -0.25) is 0 Å². The lowest BCUT2D eigenvalue weighted by Gasteiger charge is -2.26. The van der Waals surface area contributed by atoms with E-state index in [1.807, 2.05) is 31.2 Å². The summed E-state index contributed by atoms with van der Waals surface area (Å²) in [5.74, 6) is 1.76. The molecule has 2 N–H and O–H groups in total. The third-order valence-electron chi connectivity index (χ3n) is 6.84. The van der Waals surface area contributed by atoms with Crippen LogP contribution in [-0.4, -0.2) is 22.8 Å². The van der Waals surface area contributed by atoms with Gasteiger partial charge in [-0.15, -0.1) is 10.2 Å². The van der Waals surface area contributed by atoms with E-state index in [0.717, 1.165) is 29.7 Å². The molecule has 180 valence electrons. The van der Waals surface area contributed by atoms with Crippen molar-refractivity contribution in [3.63, 3.8) is 0 Å². The number of fused-ring (bicyclic) bond motifs is 1. The van der Waals surface area contributed by atoms with Crippen LogP contribution in [0.2, 0.25) is 0 Å². The van der Waals surface area contributed by atoms with E-state index in [4.69, 9.17) is 4.42 Å². The Morgan fingerprint density at radius 2 is 1.91 bits per heavy atom. The molecule has 1 unspecified atom stereocenters. The van der Waals surface area contributed by atoms with Crippen LogP contribution in [0.25, 0.3) is 11.5 Å². The van der Waals surface area contributed by atoms with Gasteiger partial charge in [0.15, 0.2) is 0 Å². The predicted molar refractivity (Wildman–Crippen MR) is 136 cm³/mol. The minimum atomic E-state index is -0.177. The van der Waals surface area contributed by atoms with E-state index < -0.39 is 0 Å². The van der Waals surface area contributed by atoms with Crippen LogP contribution >= 0.6 is 0 Å². The number of aromatic nitrogens is 2. The summed E-state index contributed by atoms with van der Waals surface area (Å²) in [6, 6.07) is 14.3. The number of hydrogen-bond acceptors (Lipinski definition) is 4. The number of amides is 2. The molecule has 1 atom stereocenters. The SMILES string of the molecule is CCCNC(=O)Nc1ccc(CCc2nnc(-c3ccc4c(c3)C(C)CCCC4(C)C)o2)cc1. The average Bonchev–Trinajstić information content (AvgIpc) is 3.27. The molecule has 2 amide bonds.